The number of carbonyl (C=O) groups excluding carboxylic acids is 2. The lowest BCUT2D eigenvalue weighted by Crippen LogP contribution is -2.30. The molecular formula is C21H22N2O4S. The van der Waals surface area contributed by atoms with Crippen LogP contribution in [0.25, 0.3) is 10.2 Å². The number of amides is 1. The summed E-state index contributed by atoms with van der Waals surface area (Å²) in [7, 11) is 1.59. The Morgan fingerprint density at radius 3 is 2.68 bits per heavy atom. The van der Waals surface area contributed by atoms with Crippen LogP contribution in [0, 0.1) is 0 Å². The number of para-hydroxylation sites is 2. The summed E-state index contributed by atoms with van der Waals surface area (Å²) in [5, 5.41) is 3.72. The molecule has 3 rings (SSSR count). The fourth-order valence-electron chi connectivity index (χ4n) is 2.75. The van der Waals surface area contributed by atoms with Crippen molar-refractivity contribution in [1.29, 1.82) is 0 Å². The average Bonchev–Trinajstić information content (AvgIpc) is 3.13. The second kappa shape index (κ2) is 9.85. The van der Waals surface area contributed by atoms with E-state index >= 15 is 0 Å². The highest BCUT2D eigenvalue weighted by atomic mass is 32.1. The van der Waals surface area contributed by atoms with Gasteiger partial charge in [-0.05, 0) is 30.2 Å². The Bertz CT molecular complexity index is 921. The zero-order valence-electron chi connectivity index (χ0n) is 15.6. The van der Waals surface area contributed by atoms with Gasteiger partial charge in [-0.1, -0.05) is 30.3 Å². The summed E-state index contributed by atoms with van der Waals surface area (Å²) < 4.78 is 11.4. The largest absolute Gasteiger partial charge is 0.496 e. The molecule has 0 unspecified atom stereocenters. The summed E-state index contributed by atoms with van der Waals surface area (Å²) in [5.74, 6) is 0.0156. The van der Waals surface area contributed by atoms with Crippen LogP contribution in [-0.4, -0.2) is 37.1 Å². The van der Waals surface area contributed by atoms with Crippen molar-refractivity contribution in [2.45, 2.75) is 19.3 Å². The van der Waals surface area contributed by atoms with Gasteiger partial charge < -0.3 is 14.8 Å². The molecule has 0 aliphatic heterocycles. The number of methoxy groups -OCH3 is 1. The van der Waals surface area contributed by atoms with Crippen LogP contribution >= 0.6 is 11.3 Å². The van der Waals surface area contributed by atoms with Gasteiger partial charge in [0, 0.05) is 19.4 Å². The maximum absolute atomic E-state index is 11.9. The molecule has 6 nitrogen and oxygen atoms in total. The van der Waals surface area contributed by atoms with Crippen molar-refractivity contribution in [3.05, 3.63) is 59.1 Å². The molecule has 0 fully saturated rings. The second-order valence-electron chi connectivity index (χ2n) is 6.15. The molecule has 1 amide bonds. The molecule has 0 spiro atoms. The molecule has 0 aliphatic carbocycles. The Morgan fingerprint density at radius 1 is 1.07 bits per heavy atom. The summed E-state index contributed by atoms with van der Waals surface area (Å²) in [5.41, 5.74) is 1.90. The lowest BCUT2D eigenvalue weighted by molar-refractivity contribution is -0.148. The summed E-state index contributed by atoms with van der Waals surface area (Å²) in [6.07, 6.45) is 1.34. The average molecular weight is 398 g/mol. The Balaban J connectivity index is 1.35. The molecule has 0 radical (unpaired) electrons. The van der Waals surface area contributed by atoms with Gasteiger partial charge in [0.25, 0.3) is 5.91 Å². The third kappa shape index (κ3) is 5.53. The van der Waals surface area contributed by atoms with E-state index in [1.54, 1.807) is 18.4 Å². The number of carbonyl (C=O) groups is 2. The summed E-state index contributed by atoms with van der Waals surface area (Å²) in [6, 6.07) is 15.4. The van der Waals surface area contributed by atoms with E-state index < -0.39 is 5.97 Å². The number of ether oxygens (including phenoxy) is 2. The summed E-state index contributed by atoms with van der Waals surface area (Å²) >= 11 is 1.62. The van der Waals surface area contributed by atoms with Gasteiger partial charge in [0.1, 0.15) is 5.75 Å². The van der Waals surface area contributed by atoms with E-state index in [0.717, 1.165) is 26.5 Å². The minimum atomic E-state index is -0.410. The molecule has 1 aromatic heterocycles. The van der Waals surface area contributed by atoms with E-state index in [4.69, 9.17) is 9.47 Å². The number of thiazole rings is 1. The number of aromatic nitrogens is 1. The van der Waals surface area contributed by atoms with E-state index in [9.17, 15) is 9.59 Å². The first kappa shape index (κ1) is 19.8. The maximum atomic E-state index is 11.9. The smallest absolute Gasteiger partial charge is 0.306 e. The van der Waals surface area contributed by atoms with E-state index in [0.29, 0.717) is 19.4 Å². The summed E-state index contributed by atoms with van der Waals surface area (Å²) in [4.78, 5) is 28.2. The number of aryl methyl sites for hydroxylation is 1. The van der Waals surface area contributed by atoms with Crippen molar-refractivity contribution >= 4 is 33.4 Å². The minimum Gasteiger partial charge on any atom is -0.496 e. The van der Waals surface area contributed by atoms with E-state index in [1.807, 2.05) is 48.5 Å². The number of benzene rings is 2. The third-order valence-corrected chi connectivity index (χ3v) is 5.25. The van der Waals surface area contributed by atoms with Gasteiger partial charge in [-0.2, -0.15) is 0 Å². The number of rotatable bonds is 9. The molecule has 1 heterocycles. The number of hydrogen-bond acceptors (Lipinski definition) is 6. The zero-order valence-corrected chi connectivity index (χ0v) is 16.5. The SMILES string of the molecule is COc1ccccc1CCC(=O)OCC(=O)NCCc1nc2ccccc2s1. The fourth-order valence-corrected chi connectivity index (χ4v) is 3.72. The molecule has 0 aliphatic rings. The van der Waals surface area contributed by atoms with Crippen LogP contribution in [-0.2, 0) is 27.2 Å². The number of fused-ring (bicyclic) bond motifs is 1. The number of hydrogen-bond donors (Lipinski definition) is 1. The maximum Gasteiger partial charge on any atom is 0.306 e. The highest BCUT2D eigenvalue weighted by molar-refractivity contribution is 7.18. The lowest BCUT2D eigenvalue weighted by atomic mass is 10.1. The van der Waals surface area contributed by atoms with Gasteiger partial charge in [-0.15, -0.1) is 11.3 Å². The highest BCUT2D eigenvalue weighted by Crippen LogP contribution is 2.21. The van der Waals surface area contributed by atoms with Crippen LogP contribution in [0.4, 0.5) is 0 Å². The Labute approximate surface area is 167 Å². The van der Waals surface area contributed by atoms with Crippen molar-refractivity contribution in [1.82, 2.24) is 10.3 Å². The molecular weight excluding hydrogens is 376 g/mol. The molecule has 2 aromatic carbocycles. The first-order valence-corrected chi connectivity index (χ1v) is 9.86. The molecule has 7 heteroatoms. The molecule has 3 aromatic rings. The van der Waals surface area contributed by atoms with Gasteiger partial charge in [0.2, 0.25) is 0 Å². The minimum absolute atomic E-state index is 0.194. The van der Waals surface area contributed by atoms with Crippen LogP contribution in [0.5, 0.6) is 5.75 Å². The van der Waals surface area contributed by atoms with Crippen LogP contribution in [0.3, 0.4) is 0 Å². The second-order valence-corrected chi connectivity index (χ2v) is 7.26. The summed E-state index contributed by atoms with van der Waals surface area (Å²) in [6.45, 7) is 0.183. The van der Waals surface area contributed by atoms with Crippen molar-refractivity contribution in [3.8, 4) is 5.75 Å². The Morgan fingerprint density at radius 2 is 1.86 bits per heavy atom. The Hall–Kier alpha value is -2.93. The predicted octanol–water partition coefficient (Wildman–Crippen LogP) is 3.14. The highest BCUT2D eigenvalue weighted by Gasteiger charge is 2.10. The van der Waals surface area contributed by atoms with Crippen molar-refractivity contribution < 1.29 is 19.1 Å². The van der Waals surface area contributed by atoms with E-state index in [2.05, 4.69) is 10.3 Å². The van der Waals surface area contributed by atoms with Gasteiger partial charge in [-0.25, -0.2) is 4.98 Å². The standard InChI is InChI=1S/C21H22N2O4S/c1-26-17-8-4-2-6-15(17)10-11-21(25)27-14-19(24)22-13-12-20-23-16-7-3-5-9-18(16)28-20/h2-9H,10-14H2,1H3,(H,22,24). The fraction of sp³-hybridized carbons (Fsp3) is 0.286. The van der Waals surface area contributed by atoms with Crippen LogP contribution in [0.2, 0.25) is 0 Å². The van der Waals surface area contributed by atoms with Gasteiger partial charge >= 0.3 is 5.97 Å². The normalized spacial score (nSPS) is 10.6. The third-order valence-electron chi connectivity index (χ3n) is 4.15. The van der Waals surface area contributed by atoms with Gasteiger partial charge in [0.15, 0.2) is 6.61 Å². The Kier molecular flexibility index (Phi) is 6.97. The zero-order chi connectivity index (χ0) is 19.8. The van der Waals surface area contributed by atoms with Crippen LogP contribution < -0.4 is 10.1 Å². The molecule has 1 N–H and O–H groups in total. The number of nitrogens with one attached hydrogen (secondary N) is 1. The molecule has 0 bridgehead atoms. The first-order chi connectivity index (χ1) is 13.7. The molecule has 146 valence electrons. The van der Waals surface area contributed by atoms with Crippen LogP contribution in [0.1, 0.15) is 17.0 Å². The van der Waals surface area contributed by atoms with Gasteiger partial charge in [0.05, 0.1) is 22.3 Å². The number of esters is 1. The van der Waals surface area contributed by atoms with E-state index in [-0.39, 0.29) is 18.9 Å². The van der Waals surface area contributed by atoms with Crippen LogP contribution in [0.15, 0.2) is 48.5 Å². The van der Waals surface area contributed by atoms with Crippen molar-refractivity contribution in [2.75, 3.05) is 20.3 Å². The number of nitrogens with zero attached hydrogens (tertiary/aromatic N) is 1. The van der Waals surface area contributed by atoms with Gasteiger partial charge in [-0.3, -0.25) is 9.59 Å². The van der Waals surface area contributed by atoms with Crippen molar-refractivity contribution in [2.24, 2.45) is 0 Å². The molecule has 28 heavy (non-hydrogen) atoms. The van der Waals surface area contributed by atoms with E-state index in [1.165, 1.54) is 0 Å². The van der Waals surface area contributed by atoms with Crippen molar-refractivity contribution in [3.63, 3.8) is 0 Å². The predicted molar refractivity (Wildman–Crippen MR) is 109 cm³/mol. The quantitative estimate of drug-likeness (QED) is 0.560. The molecule has 0 saturated heterocycles. The molecule has 0 saturated carbocycles. The molecule has 0 atom stereocenters. The lowest BCUT2D eigenvalue weighted by Gasteiger charge is -2.08. The topological polar surface area (TPSA) is 77.5 Å². The first-order valence-electron chi connectivity index (χ1n) is 9.04. The monoisotopic (exact) mass is 398 g/mol.